The molecule has 0 fully saturated rings. The highest BCUT2D eigenvalue weighted by molar-refractivity contribution is 6.09. The van der Waals surface area contributed by atoms with Crippen LogP contribution >= 0.6 is 0 Å². The Kier molecular flexibility index (Phi) is 7.17. The van der Waals surface area contributed by atoms with Gasteiger partial charge in [0, 0.05) is 44.3 Å². The number of hydrogen-bond acceptors (Lipinski definition) is 2. The molecule has 0 radical (unpaired) electrons. The fourth-order valence-electron chi connectivity index (χ4n) is 8.37. The van der Waals surface area contributed by atoms with Gasteiger partial charge in [0.1, 0.15) is 11.2 Å². The predicted octanol–water partition coefficient (Wildman–Crippen LogP) is 14.6. The Morgan fingerprint density at radius 2 is 0.855 bits per heavy atom. The molecule has 258 valence electrons. The molecule has 2 aromatic heterocycles. The summed E-state index contributed by atoms with van der Waals surface area (Å²) in [4.78, 5) is 2.34. The lowest BCUT2D eigenvalue weighted by molar-refractivity contribution is 0.669. The molecule has 0 amide bonds. The van der Waals surface area contributed by atoms with E-state index in [1.54, 1.807) is 0 Å². The van der Waals surface area contributed by atoms with Gasteiger partial charge in [-0.3, -0.25) is 0 Å². The van der Waals surface area contributed by atoms with Crippen LogP contribution in [0.5, 0.6) is 0 Å². The zero-order valence-electron chi connectivity index (χ0n) is 29.9. The molecular weight excluding hydrogens is 669 g/mol. The molecule has 0 N–H and O–H groups in total. The lowest BCUT2D eigenvalue weighted by atomic mass is 9.98. The van der Waals surface area contributed by atoms with Crippen LogP contribution in [0.25, 0.3) is 82.5 Å². The highest BCUT2D eigenvalue weighted by Crippen LogP contribution is 2.40. The van der Waals surface area contributed by atoms with Gasteiger partial charge in [-0.1, -0.05) is 127 Å². The minimum atomic E-state index is 0.902. The number of nitrogens with zero attached hydrogens (tertiary/aromatic N) is 2. The monoisotopic (exact) mass is 702 g/mol. The van der Waals surface area contributed by atoms with Crippen LogP contribution in [-0.2, 0) is 0 Å². The summed E-state index contributed by atoms with van der Waals surface area (Å²) in [6.07, 6.45) is 0. The summed E-state index contributed by atoms with van der Waals surface area (Å²) >= 11 is 0. The first-order valence-corrected chi connectivity index (χ1v) is 18.8. The Labute approximate surface area is 318 Å². The number of para-hydroxylation sites is 3. The summed E-state index contributed by atoms with van der Waals surface area (Å²) in [5, 5.41) is 7.30. The van der Waals surface area contributed by atoms with Crippen molar-refractivity contribution in [2.45, 2.75) is 0 Å². The van der Waals surface area contributed by atoms with E-state index in [1.165, 1.54) is 43.7 Å². The summed E-state index contributed by atoms with van der Waals surface area (Å²) in [5.74, 6) is 0. The molecule has 11 aromatic rings. The average molecular weight is 703 g/mol. The van der Waals surface area contributed by atoms with Crippen LogP contribution in [0.4, 0.5) is 17.1 Å². The largest absolute Gasteiger partial charge is 0.456 e. The van der Waals surface area contributed by atoms with Gasteiger partial charge in [-0.05, 0) is 112 Å². The van der Waals surface area contributed by atoms with Crippen molar-refractivity contribution in [3.05, 3.63) is 206 Å². The minimum Gasteiger partial charge on any atom is -0.456 e. The van der Waals surface area contributed by atoms with Crippen molar-refractivity contribution >= 4 is 71.6 Å². The molecule has 0 spiro atoms. The third-order valence-electron chi connectivity index (χ3n) is 11.0. The summed E-state index contributed by atoms with van der Waals surface area (Å²) in [5.41, 5.74) is 13.3. The van der Waals surface area contributed by atoms with Crippen LogP contribution in [0.1, 0.15) is 0 Å². The third-order valence-corrected chi connectivity index (χ3v) is 11.0. The molecule has 55 heavy (non-hydrogen) atoms. The van der Waals surface area contributed by atoms with Crippen molar-refractivity contribution in [1.82, 2.24) is 4.57 Å². The van der Waals surface area contributed by atoms with E-state index in [0.29, 0.717) is 0 Å². The zero-order chi connectivity index (χ0) is 36.3. The van der Waals surface area contributed by atoms with Crippen LogP contribution < -0.4 is 4.90 Å². The maximum absolute atomic E-state index is 6.23. The smallest absolute Gasteiger partial charge is 0.136 e. The van der Waals surface area contributed by atoms with E-state index in [1.807, 2.05) is 12.1 Å². The van der Waals surface area contributed by atoms with Gasteiger partial charge in [-0.15, -0.1) is 0 Å². The van der Waals surface area contributed by atoms with Crippen LogP contribution in [-0.4, -0.2) is 4.57 Å². The highest BCUT2D eigenvalue weighted by Gasteiger charge is 2.17. The molecule has 0 atom stereocenters. The highest BCUT2D eigenvalue weighted by atomic mass is 16.3. The molecule has 3 nitrogen and oxygen atoms in total. The molecular formula is C52H34N2O. The van der Waals surface area contributed by atoms with Gasteiger partial charge in [0.2, 0.25) is 0 Å². The Bertz CT molecular complexity index is 3130. The lowest BCUT2D eigenvalue weighted by Gasteiger charge is -2.26. The van der Waals surface area contributed by atoms with Crippen molar-refractivity contribution in [2.75, 3.05) is 4.90 Å². The van der Waals surface area contributed by atoms with E-state index in [2.05, 4.69) is 204 Å². The minimum absolute atomic E-state index is 0.902. The molecule has 2 heterocycles. The Balaban J connectivity index is 1.00. The van der Waals surface area contributed by atoms with E-state index in [0.717, 1.165) is 55.8 Å². The van der Waals surface area contributed by atoms with E-state index < -0.39 is 0 Å². The zero-order valence-corrected chi connectivity index (χ0v) is 29.9. The van der Waals surface area contributed by atoms with Crippen molar-refractivity contribution in [1.29, 1.82) is 0 Å². The predicted molar refractivity (Wildman–Crippen MR) is 231 cm³/mol. The molecule has 0 bridgehead atoms. The molecule has 11 rings (SSSR count). The Morgan fingerprint density at radius 1 is 0.345 bits per heavy atom. The van der Waals surface area contributed by atoms with E-state index >= 15 is 0 Å². The van der Waals surface area contributed by atoms with Gasteiger partial charge in [-0.25, -0.2) is 0 Å². The maximum atomic E-state index is 6.23. The summed E-state index contributed by atoms with van der Waals surface area (Å²) in [7, 11) is 0. The fourth-order valence-corrected chi connectivity index (χ4v) is 8.37. The average Bonchev–Trinajstić information content (AvgIpc) is 3.80. The molecule has 0 saturated carbocycles. The Morgan fingerprint density at radius 3 is 1.55 bits per heavy atom. The van der Waals surface area contributed by atoms with E-state index in [-0.39, 0.29) is 0 Å². The molecule has 0 aliphatic rings. The van der Waals surface area contributed by atoms with Crippen LogP contribution in [0, 0.1) is 0 Å². The van der Waals surface area contributed by atoms with Crippen molar-refractivity contribution in [3.63, 3.8) is 0 Å². The number of furan rings is 1. The van der Waals surface area contributed by atoms with Gasteiger partial charge >= 0.3 is 0 Å². The maximum Gasteiger partial charge on any atom is 0.136 e. The first-order valence-electron chi connectivity index (χ1n) is 18.8. The van der Waals surface area contributed by atoms with Gasteiger partial charge < -0.3 is 13.9 Å². The van der Waals surface area contributed by atoms with Crippen LogP contribution in [0.2, 0.25) is 0 Å². The number of aromatic nitrogens is 1. The van der Waals surface area contributed by atoms with Gasteiger partial charge in [0.15, 0.2) is 0 Å². The van der Waals surface area contributed by atoms with Gasteiger partial charge in [-0.2, -0.15) is 0 Å². The SMILES string of the molecule is c1ccc2c(-c3ccc(N(c4ccc(-c5ccc6c(c5)oc5ccccc56)cc4)c4ccc(-n5c6ccccc6c6ccccc65)cc4)cc3)cccc2c1. The van der Waals surface area contributed by atoms with Crippen LogP contribution in [0.15, 0.2) is 211 Å². The topological polar surface area (TPSA) is 21.3 Å². The standard InChI is InChI=1S/C52H34N2O/c1-2-12-43-36(10-1)11-9-16-44(43)37-22-27-40(28-23-37)53(39-25-20-35(21-26-39)38-24-33-48-47-15-5-8-19-51(47)55-52(48)34-38)41-29-31-42(32-30-41)54-49-17-6-3-13-45(49)46-14-4-7-18-50(46)54/h1-34H. The molecule has 0 aliphatic carbocycles. The lowest BCUT2D eigenvalue weighted by Crippen LogP contribution is -2.10. The fraction of sp³-hybridized carbons (Fsp3) is 0. The normalized spacial score (nSPS) is 11.6. The van der Waals surface area contributed by atoms with Gasteiger partial charge in [0.05, 0.1) is 11.0 Å². The van der Waals surface area contributed by atoms with Crippen LogP contribution in [0.3, 0.4) is 0 Å². The summed E-state index contributed by atoms with van der Waals surface area (Å²) < 4.78 is 8.60. The molecule has 9 aromatic carbocycles. The first kappa shape index (κ1) is 31.2. The quantitative estimate of drug-likeness (QED) is 0.172. The molecule has 0 unspecified atom stereocenters. The van der Waals surface area contributed by atoms with E-state index in [4.69, 9.17) is 4.42 Å². The number of hydrogen-bond donors (Lipinski definition) is 0. The molecule has 0 aliphatic heterocycles. The number of benzene rings is 9. The molecule has 3 heteroatoms. The van der Waals surface area contributed by atoms with Crippen molar-refractivity contribution in [2.24, 2.45) is 0 Å². The summed E-state index contributed by atoms with van der Waals surface area (Å²) in [6.45, 7) is 0. The number of fused-ring (bicyclic) bond motifs is 7. The first-order chi connectivity index (χ1) is 27.3. The second-order valence-electron chi connectivity index (χ2n) is 14.2. The van der Waals surface area contributed by atoms with Crippen molar-refractivity contribution in [3.8, 4) is 27.9 Å². The van der Waals surface area contributed by atoms with E-state index in [9.17, 15) is 0 Å². The molecule has 0 saturated heterocycles. The number of anilines is 3. The Hall–Kier alpha value is -7.36. The second kappa shape index (κ2) is 12.6. The second-order valence-corrected chi connectivity index (χ2v) is 14.2. The third kappa shape index (κ3) is 5.20. The number of rotatable bonds is 6. The summed E-state index contributed by atoms with van der Waals surface area (Å²) in [6, 6.07) is 74.0. The van der Waals surface area contributed by atoms with Gasteiger partial charge in [0.25, 0.3) is 0 Å². The van der Waals surface area contributed by atoms with Crippen molar-refractivity contribution < 1.29 is 4.42 Å².